The maximum absolute atomic E-state index is 12.0. The molecule has 2 nitrogen and oxygen atoms in total. The molecule has 0 aromatic rings. The smallest absolute Gasteiger partial charge is 0.165 e. The summed E-state index contributed by atoms with van der Waals surface area (Å²) in [5, 5.41) is 0. The highest BCUT2D eigenvalue weighted by molar-refractivity contribution is 7.99. The molecule has 1 aliphatic heterocycles. The lowest BCUT2D eigenvalue weighted by molar-refractivity contribution is -0.134. The Morgan fingerprint density at radius 2 is 2.00 bits per heavy atom. The van der Waals surface area contributed by atoms with Gasteiger partial charge in [-0.05, 0) is 12.8 Å². The van der Waals surface area contributed by atoms with Crippen molar-refractivity contribution in [1.29, 1.82) is 0 Å². The third-order valence-electron chi connectivity index (χ3n) is 3.14. The molecule has 0 amide bonds. The predicted molar refractivity (Wildman–Crippen MR) is 58.6 cm³/mol. The maximum Gasteiger partial charge on any atom is 0.165 e. The Bertz CT molecular complexity index is 173. The van der Waals surface area contributed by atoms with Crippen molar-refractivity contribution < 1.29 is 9.53 Å². The molecule has 1 atom stereocenters. The fourth-order valence-corrected chi connectivity index (χ4v) is 3.16. The topological polar surface area (TPSA) is 26.3 Å². The number of carbonyl (C=O) groups is 1. The average Bonchev–Trinajstić information content (AvgIpc) is 2.30. The number of thioether (sulfide) groups is 1. The molecule has 2 aliphatic rings. The van der Waals surface area contributed by atoms with E-state index in [2.05, 4.69) is 0 Å². The fourth-order valence-electron chi connectivity index (χ4n) is 2.30. The van der Waals surface area contributed by atoms with Gasteiger partial charge in [-0.15, -0.1) is 0 Å². The first kappa shape index (κ1) is 10.5. The van der Waals surface area contributed by atoms with Crippen molar-refractivity contribution in [2.45, 2.75) is 38.2 Å². The minimum Gasteiger partial charge on any atom is -0.369 e. The van der Waals surface area contributed by atoms with Gasteiger partial charge in [-0.2, -0.15) is 11.8 Å². The van der Waals surface area contributed by atoms with Crippen molar-refractivity contribution in [3.63, 3.8) is 0 Å². The van der Waals surface area contributed by atoms with E-state index in [0.29, 0.717) is 11.7 Å². The monoisotopic (exact) mass is 214 g/mol. The molecule has 1 heterocycles. The van der Waals surface area contributed by atoms with Gasteiger partial charge in [-0.3, -0.25) is 4.79 Å². The summed E-state index contributed by atoms with van der Waals surface area (Å²) < 4.78 is 5.52. The van der Waals surface area contributed by atoms with E-state index in [-0.39, 0.29) is 6.10 Å². The zero-order chi connectivity index (χ0) is 9.80. The molecule has 0 aromatic carbocycles. The lowest BCUT2D eigenvalue weighted by atomic mass is 9.84. The van der Waals surface area contributed by atoms with Crippen LogP contribution in [0.25, 0.3) is 0 Å². The molecule has 1 saturated carbocycles. The molecule has 0 N–H and O–H groups in total. The number of Topliss-reactive ketones (excluding diaryl/α,β-unsaturated/α-hetero) is 1. The van der Waals surface area contributed by atoms with Crippen molar-refractivity contribution in [2.24, 2.45) is 5.92 Å². The molecular weight excluding hydrogens is 196 g/mol. The highest BCUT2D eigenvalue weighted by atomic mass is 32.2. The maximum atomic E-state index is 12.0. The van der Waals surface area contributed by atoms with Crippen LogP contribution in [-0.4, -0.2) is 30.0 Å². The van der Waals surface area contributed by atoms with Gasteiger partial charge in [0.05, 0.1) is 6.61 Å². The molecule has 1 saturated heterocycles. The van der Waals surface area contributed by atoms with E-state index < -0.39 is 0 Å². The summed E-state index contributed by atoms with van der Waals surface area (Å²) >= 11 is 1.85. The summed E-state index contributed by atoms with van der Waals surface area (Å²) in [7, 11) is 0. The van der Waals surface area contributed by atoms with Crippen molar-refractivity contribution in [3.8, 4) is 0 Å². The molecule has 2 fully saturated rings. The van der Waals surface area contributed by atoms with Crippen LogP contribution in [0, 0.1) is 5.92 Å². The van der Waals surface area contributed by atoms with E-state index in [4.69, 9.17) is 4.74 Å². The standard InChI is InChI=1S/C11H18O2S/c12-11(9-4-2-1-3-5-9)10-8-14-7-6-13-10/h9-10H,1-8H2. The molecule has 2 rings (SSSR count). The van der Waals surface area contributed by atoms with Gasteiger partial charge >= 0.3 is 0 Å². The predicted octanol–water partition coefficient (Wildman–Crippen LogP) is 2.27. The van der Waals surface area contributed by atoms with Gasteiger partial charge in [0, 0.05) is 17.4 Å². The number of carbonyl (C=O) groups excluding carboxylic acids is 1. The Hall–Kier alpha value is -0.0200. The van der Waals surface area contributed by atoms with E-state index in [1.165, 1.54) is 19.3 Å². The molecule has 14 heavy (non-hydrogen) atoms. The summed E-state index contributed by atoms with van der Waals surface area (Å²) in [5.41, 5.74) is 0. The SMILES string of the molecule is O=C(C1CCCCC1)C1CSCCO1. The first-order chi connectivity index (χ1) is 6.88. The van der Waals surface area contributed by atoms with E-state index in [0.717, 1.165) is 31.0 Å². The van der Waals surface area contributed by atoms with Crippen molar-refractivity contribution in [1.82, 2.24) is 0 Å². The molecule has 80 valence electrons. The first-order valence-electron chi connectivity index (χ1n) is 5.61. The molecule has 3 heteroatoms. The molecule has 1 unspecified atom stereocenters. The Kier molecular flexibility index (Phi) is 3.88. The quantitative estimate of drug-likeness (QED) is 0.705. The van der Waals surface area contributed by atoms with Gasteiger partial charge in [0.25, 0.3) is 0 Å². The first-order valence-corrected chi connectivity index (χ1v) is 6.76. The van der Waals surface area contributed by atoms with Gasteiger partial charge in [0.2, 0.25) is 0 Å². The second kappa shape index (κ2) is 5.17. The highest BCUT2D eigenvalue weighted by Crippen LogP contribution is 2.27. The van der Waals surface area contributed by atoms with Crippen LogP contribution in [0.1, 0.15) is 32.1 Å². The van der Waals surface area contributed by atoms with Crippen LogP contribution in [0.15, 0.2) is 0 Å². The summed E-state index contributed by atoms with van der Waals surface area (Å²) in [4.78, 5) is 12.0. The number of rotatable bonds is 2. The molecule has 0 radical (unpaired) electrons. The molecule has 0 aromatic heterocycles. The lowest BCUT2D eigenvalue weighted by Crippen LogP contribution is -2.36. The Balaban J connectivity index is 1.85. The van der Waals surface area contributed by atoms with E-state index in [9.17, 15) is 4.79 Å². The van der Waals surface area contributed by atoms with Gasteiger partial charge in [0.1, 0.15) is 6.10 Å². The highest BCUT2D eigenvalue weighted by Gasteiger charge is 2.29. The Labute approximate surface area is 89.8 Å². The van der Waals surface area contributed by atoms with Crippen LogP contribution in [0.2, 0.25) is 0 Å². The largest absolute Gasteiger partial charge is 0.369 e. The minimum atomic E-state index is -0.0863. The van der Waals surface area contributed by atoms with E-state index in [1.807, 2.05) is 11.8 Å². The summed E-state index contributed by atoms with van der Waals surface area (Å²) in [5.74, 6) is 2.63. The van der Waals surface area contributed by atoms with Gasteiger partial charge in [0.15, 0.2) is 5.78 Å². The number of ether oxygens (including phenoxy) is 1. The summed E-state index contributed by atoms with van der Waals surface area (Å²) in [6.45, 7) is 0.758. The fraction of sp³-hybridized carbons (Fsp3) is 0.909. The third kappa shape index (κ3) is 2.51. The number of hydrogen-bond acceptors (Lipinski definition) is 3. The second-order valence-corrected chi connectivity index (χ2v) is 5.32. The van der Waals surface area contributed by atoms with Crippen LogP contribution in [0.4, 0.5) is 0 Å². The normalized spacial score (nSPS) is 30.1. The zero-order valence-electron chi connectivity index (χ0n) is 8.54. The average molecular weight is 214 g/mol. The van der Waals surface area contributed by atoms with E-state index >= 15 is 0 Å². The summed E-state index contributed by atoms with van der Waals surface area (Å²) in [6, 6.07) is 0. The number of ketones is 1. The molecular formula is C11H18O2S. The van der Waals surface area contributed by atoms with E-state index in [1.54, 1.807) is 0 Å². The lowest BCUT2D eigenvalue weighted by Gasteiger charge is -2.27. The Morgan fingerprint density at radius 1 is 1.21 bits per heavy atom. The molecule has 0 spiro atoms. The van der Waals surface area contributed by atoms with Crippen LogP contribution in [0.3, 0.4) is 0 Å². The number of hydrogen-bond donors (Lipinski definition) is 0. The van der Waals surface area contributed by atoms with Crippen LogP contribution in [-0.2, 0) is 9.53 Å². The third-order valence-corrected chi connectivity index (χ3v) is 4.13. The van der Waals surface area contributed by atoms with Gasteiger partial charge < -0.3 is 4.74 Å². The van der Waals surface area contributed by atoms with Crippen LogP contribution < -0.4 is 0 Å². The summed E-state index contributed by atoms with van der Waals surface area (Å²) in [6.07, 6.45) is 5.89. The Morgan fingerprint density at radius 3 is 2.64 bits per heavy atom. The van der Waals surface area contributed by atoms with Crippen molar-refractivity contribution in [2.75, 3.05) is 18.1 Å². The van der Waals surface area contributed by atoms with Crippen molar-refractivity contribution in [3.05, 3.63) is 0 Å². The zero-order valence-corrected chi connectivity index (χ0v) is 9.35. The van der Waals surface area contributed by atoms with Crippen molar-refractivity contribution >= 4 is 17.5 Å². The van der Waals surface area contributed by atoms with Crippen LogP contribution >= 0.6 is 11.8 Å². The molecule has 0 bridgehead atoms. The second-order valence-electron chi connectivity index (χ2n) is 4.17. The van der Waals surface area contributed by atoms with Crippen LogP contribution in [0.5, 0.6) is 0 Å². The van der Waals surface area contributed by atoms with Gasteiger partial charge in [-0.1, -0.05) is 19.3 Å². The van der Waals surface area contributed by atoms with Gasteiger partial charge in [-0.25, -0.2) is 0 Å². The minimum absolute atomic E-state index is 0.0863. The molecule has 1 aliphatic carbocycles.